The first kappa shape index (κ1) is 17.4. The maximum atomic E-state index is 14.3. The Balaban J connectivity index is 1.86. The van der Waals surface area contributed by atoms with Crippen LogP contribution in [0.25, 0.3) is 11.6 Å². The molecule has 0 heterocycles. The Hall–Kier alpha value is -2.47. The van der Waals surface area contributed by atoms with Crippen LogP contribution in [0.3, 0.4) is 0 Å². The van der Waals surface area contributed by atoms with Gasteiger partial charge < -0.3 is 0 Å². The molecule has 0 spiro atoms. The number of fused-ring (bicyclic) bond motifs is 1. The molecule has 128 valence electrons. The summed E-state index contributed by atoms with van der Waals surface area (Å²) in [5.74, 6) is -1.50. The van der Waals surface area contributed by atoms with E-state index in [1.807, 2.05) is 6.08 Å². The van der Waals surface area contributed by atoms with Gasteiger partial charge in [0, 0.05) is 0 Å². The fourth-order valence-electron chi connectivity index (χ4n) is 3.38. The predicted molar refractivity (Wildman–Crippen MR) is 96.9 cm³/mol. The Morgan fingerprint density at radius 1 is 1.08 bits per heavy atom. The van der Waals surface area contributed by atoms with E-state index < -0.39 is 17.2 Å². The Morgan fingerprint density at radius 3 is 2.52 bits per heavy atom. The van der Waals surface area contributed by atoms with E-state index in [2.05, 4.69) is 31.2 Å². The monoisotopic (exact) mass is 337 g/mol. The van der Waals surface area contributed by atoms with Crippen LogP contribution in [0.4, 0.5) is 8.78 Å². The van der Waals surface area contributed by atoms with E-state index in [4.69, 9.17) is 5.26 Å². The highest BCUT2D eigenvalue weighted by atomic mass is 19.1. The van der Waals surface area contributed by atoms with Gasteiger partial charge in [-0.2, -0.15) is 5.26 Å². The number of halogens is 2. The maximum absolute atomic E-state index is 14.3. The van der Waals surface area contributed by atoms with E-state index >= 15 is 0 Å². The average Bonchev–Trinajstić information content (AvgIpc) is 2.62. The summed E-state index contributed by atoms with van der Waals surface area (Å²) in [5.41, 5.74) is 4.00. The van der Waals surface area contributed by atoms with Crippen LogP contribution in [0.1, 0.15) is 60.4 Å². The molecule has 2 aromatic rings. The van der Waals surface area contributed by atoms with Crippen LogP contribution in [0, 0.1) is 23.0 Å². The normalized spacial score (nSPS) is 13.1. The minimum atomic E-state index is -0.789. The van der Waals surface area contributed by atoms with Crippen molar-refractivity contribution in [2.75, 3.05) is 0 Å². The number of nitrogens with zero attached hydrogens (tertiary/aromatic N) is 1. The number of aryl methyl sites for hydroxylation is 1. The lowest BCUT2D eigenvalue weighted by molar-refractivity contribution is 0.564. The summed E-state index contributed by atoms with van der Waals surface area (Å²) in [6.45, 7) is 2.20. The van der Waals surface area contributed by atoms with Crippen LogP contribution < -0.4 is 0 Å². The molecule has 0 saturated carbocycles. The zero-order valence-corrected chi connectivity index (χ0v) is 14.4. The zero-order valence-electron chi connectivity index (χ0n) is 14.4. The molecule has 0 N–H and O–H groups in total. The molecule has 0 amide bonds. The van der Waals surface area contributed by atoms with Crippen molar-refractivity contribution in [3.05, 3.63) is 69.8 Å². The van der Waals surface area contributed by atoms with Gasteiger partial charge in [0.25, 0.3) is 0 Å². The number of benzene rings is 2. The highest BCUT2D eigenvalue weighted by Gasteiger charge is 2.21. The standard InChI is InChI=1S/C22H21F2N/c1-2-3-4-5-15-6-8-16(9-7-15)17-10-11-19-18(12-17)13-21(23)20(14-25)22(19)24/h6-9,12-13H,2-5,10-11H2,1H3. The summed E-state index contributed by atoms with van der Waals surface area (Å²) < 4.78 is 28.1. The van der Waals surface area contributed by atoms with Gasteiger partial charge in [-0.3, -0.25) is 0 Å². The predicted octanol–water partition coefficient (Wildman–Crippen LogP) is 6.06. The van der Waals surface area contributed by atoms with E-state index in [1.54, 1.807) is 6.07 Å². The lowest BCUT2D eigenvalue weighted by atomic mass is 9.87. The Bertz CT molecular complexity index is 842. The molecule has 0 radical (unpaired) electrons. The summed E-state index contributed by atoms with van der Waals surface area (Å²) in [5, 5.41) is 8.89. The third kappa shape index (κ3) is 3.64. The van der Waals surface area contributed by atoms with Gasteiger partial charge in [-0.05, 0) is 59.6 Å². The first-order valence-electron chi connectivity index (χ1n) is 8.85. The molecule has 3 rings (SSSR count). The summed E-state index contributed by atoms with van der Waals surface area (Å²) in [6.07, 6.45) is 7.76. The third-order valence-electron chi connectivity index (χ3n) is 4.83. The molecule has 25 heavy (non-hydrogen) atoms. The topological polar surface area (TPSA) is 23.8 Å². The summed E-state index contributed by atoms with van der Waals surface area (Å²) in [6, 6.07) is 11.3. The number of nitriles is 1. The largest absolute Gasteiger partial charge is 0.205 e. The number of allylic oxidation sites excluding steroid dienone is 1. The van der Waals surface area contributed by atoms with Gasteiger partial charge in [0.05, 0.1) is 0 Å². The van der Waals surface area contributed by atoms with Crippen molar-refractivity contribution in [3.63, 3.8) is 0 Å². The summed E-state index contributed by atoms with van der Waals surface area (Å²) >= 11 is 0. The highest BCUT2D eigenvalue weighted by molar-refractivity contribution is 5.84. The Labute approximate surface area is 147 Å². The minimum absolute atomic E-state index is 0.442. The SMILES string of the molecule is CCCCCc1ccc(C2=Cc3cc(F)c(C#N)c(F)c3CC2)cc1. The van der Waals surface area contributed by atoms with Gasteiger partial charge in [0.1, 0.15) is 23.3 Å². The molecule has 0 unspecified atom stereocenters. The van der Waals surface area contributed by atoms with Crippen molar-refractivity contribution in [2.24, 2.45) is 0 Å². The first-order chi connectivity index (χ1) is 12.1. The van der Waals surface area contributed by atoms with Gasteiger partial charge in [-0.25, -0.2) is 8.78 Å². The lowest BCUT2D eigenvalue weighted by Crippen LogP contribution is -2.06. The van der Waals surface area contributed by atoms with E-state index in [-0.39, 0.29) is 0 Å². The molecule has 0 saturated heterocycles. The summed E-state index contributed by atoms with van der Waals surface area (Å²) in [4.78, 5) is 0. The van der Waals surface area contributed by atoms with Crippen LogP contribution in [-0.4, -0.2) is 0 Å². The second kappa shape index (κ2) is 7.61. The van der Waals surface area contributed by atoms with Crippen molar-refractivity contribution in [2.45, 2.75) is 45.4 Å². The highest BCUT2D eigenvalue weighted by Crippen LogP contribution is 2.33. The molecule has 0 fully saturated rings. The zero-order chi connectivity index (χ0) is 17.8. The molecule has 1 aliphatic rings. The first-order valence-corrected chi connectivity index (χ1v) is 8.85. The van der Waals surface area contributed by atoms with Gasteiger partial charge in [0.15, 0.2) is 0 Å². The van der Waals surface area contributed by atoms with Crippen LogP contribution in [-0.2, 0) is 12.8 Å². The van der Waals surface area contributed by atoms with Crippen molar-refractivity contribution in [1.82, 2.24) is 0 Å². The number of unbranched alkanes of at least 4 members (excludes halogenated alkanes) is 2. The molecule has 1 aliphatic carbocycles. The second-order valence-corrected chi connectivity index (χ2v) is 6.55. The molecule has 3 heteroatoms. The molecule has 0 aromatic heterocycles. The van der Waals surface area contributed by atoms with E-state index in [9.17, 15) is 8.78 Å². The number of rotatable bonds is 5. The summed E-state index contributed by atoms with van der Waals surface area (Å²) in [7, 11) is 0. The van der Waals surface area contributed by atoms with E-state index in [1.165, 1.54) is 30.9 Å². The Morgan fingerprint density at radius 2 is 1.84 bits per heavy atom. The maximum Gasteiger partial charge on any atom is 0.147 e. The van der Waals surface area contributed by atoms with Crippen molar-refractivity contribution < 1.29 is 8.78 Å². The quantitative estimate of drug-likeness (QED) is 0.609. The third-order valence-corrected chi connectivity index (χ3v) is 4.83. The molecule has 0 aliphatic heterocycles. The van der Waals surface area contributed by atoms with E-state index in [0.717, 1.165) is 17.6 Å². The van der Waals surface area contributed by atoms with Crippen molar-refractivity contribution in [1.29, 1.82) is 5.26 Å². The lowest BCUT2D eigenvalue weighted by Gasteiger charge is -2.18. The molecular weight excluding hydrogens is 316 g/mol. The molecule has 0 bridgehead atoms. The average molecular weight is 337 g/mol. The molecule has 1 nitrogen and oxygen atoms in total. The fourth-order valence-corrected chi connectivity index (χ4v) is 3.38. The van der Waals surface area contributed by atoms with Gasteiger partial charge in [-0.1, -0.05) is 50.1 Å². The minimum Gasteiger partial charge on any atom is -0.205 e. The second-order valence-electron chi connectivity index (χ2n) is 6.55. The fraction of sp³-hybridized carbons (Fsp3) is 0.318. The number of hydrogen-bond donors (Lipinski definition) is 0. The van der Waals surface area contributed by atoms with Crippen LogP contribution in [0.15, 0.2) is 30.3 Å². The van der Waals surface area contributed by atoms with Crippen LogP contribution >= 0.6 is 0 Å². The van der Waals surface area contributed by atoms with Gasteiger partial charge in [-0.15, -0.1) is 0 Å². The molecule has 0 atom stereocenters. The Kier molecular flexibility index (Phi) is 5.28. The van der Waals surface area contributed by atoms with Crippen LogP contribution in [0.5, 0.6) is 0 Å². The molecular formula is C22H21F2N. The van der Waals surface area contributed by atoms with Crippen molar-refractivity contribution >= 4 is 11.6 Å². The van der Waals surface area contributed by atoms with Crippen LogP contribution in [0.2, 0.25) is 0 Å². The smallest absolute Gasteiger partial charge is 0.147 e. The van der Waals surface area contributed by atoms with Gasteiger partial charge in [0.2, 0.25) is 0 Å². The van der Waals surface area contributed by atoms with E-state index in [0.29, 0.717) is 24.0 Å². The number of hydrogen-bond acceptors (Lipinski definition) is 1. The van der Waals surface area contributed by atoms with Crippen molar-refractivity contribution in [3.8, 4) is 6.07 Å². The molecule has 2 aromatic carbocycles. The van der Waals surface area contributed by atoms with Gasteiger partial charge >= 0.3 is 0 Å².